The monoisotopic (exact) mass is 328 g/mol. The number of aromatic nitrogens is 1. The molecule has 2 rings (SSSR count). The Morgan fingerprint density at radius 3 is 2.12 bits per heavy atom. The molecule has 1 heterocycles. The Morgan fingerprint density at radius 2 is 1.58 bits per heavy atom. The number of para-hydroxylation sites is 1. The number of hydrogen-bond donors (Lipinski definition) is 0. The number of ether oxygens (including phenoxy) is 1. The van der Waals surface area contributed by atoms with Crippen molar-refractivity contribution in [1.29, 1.82) is 0 Å². The summed E-state index contributed by atoms with van der Waals surface area (Å²) in [5, 5.41) is 1.12. The summed E-state index contributed by atoms with van der Waals surface area (Å²) in [5.41, 5.74) is 3.53. The van der Waals surface area contributed by atoms with Crippen LogP contribution in [-0.2, 0) is 10.8 Å². The number of likely N-dealkylation sites (N-methyl/N-ethyl adjacent to an activating group) is 1. The molecule has 0 aliphatic carbocycles. The minimum atomic E-state index is -0.00756. The average molecular weight is 329 g/mol. The van der Waals surface area contributed by atoms with Crippen molar-refractivity contribution in [3.63, 3.8) is 0 Å². The third kappa shape index (κ3) is 4.07. The normalized spacial score (nSPS) is 12.9. The highest BCUT2D eigenvalue weighted by molar-refractivity contribution is 5.89. The van der Waals surface area contributed by atoms with Crippen molar-refractivity contribution in [1.82, 2.24) is 9.88 Å². The van der Waals surface area contributed by atoms with Crippen LogP contribution in [0.2, 0.25) is 0 Å². The van der Waals surface area contributed by atoms with Crippen LogP contribution >= 0.6 is 0 Å². The molecule has 0 aliphatic rings. The van der Waals surface area contributed by atoms with Crippen molar-refractivity contribution in [3.8, 4) is 5.75 Å². The van der Waals surface area contributed by atoms with Crippen LogP contribution in [0.15, 0.2) is 24.4 Å². The Hall–Kier alpha value is -1.61. The smallest absolute Gasteiger partial charge is 0.134 e. The van der Waals surface area contributed by atoms with Crippen molar-refractivity contribution in [2.24, 2.45) is 0 Å². The summed E-state index contributed by atoms with van der Waals surface area (Å²) in [6.45, 7) is 14.9. The first-order valence-electron chi connectivity index (χ1n) is 8.72. The molecule has 0 saturated carbocycles. The van der Waals surface area contributed by atoms with Crippen molar-refractivity contribution in [2.45, 2.75) is 52.4 Å². The van der Waals surface area contributed by atoms with Gasteiger partial charge in [-0.25, -0.2) is 0 Å². The van der Waals surface area contributed by atoms with E-state index in [4.69, 9.17) is 9.72 Å². The Kier molecular flexibility index (Phi) is 5.24. The molecule has 0 saturated heterocycles. The van der Waals surface area contributed by atoms with Crippen LogP contribution in [0, 0.1) is 0 Å². The third-order valence-corrected chi connectivity index (χ3v) is 4.25. The van der Waals surface area contributed by atoms with Gasteiger partial charge in [-0.05, 0) is 36.6 Å². The van der Waals surface area contributed by atoms with Crippen LogP contribution in [0.4, 0.5) is 0 Å². The highest BCUT2D eigenvalue weighted by Crippen LogP contribution is 2.39. The maximum absolute atomic E-state index is 6.27. The lowest BCUT2D eigenvalue weighted by Crippen LogP contribution is -2.21. The Morgan fingerprint density at radius 1 is 0.958 bits per heavy atom. The summed E-state index contributed by atoms with van der Waals surface area (Å²) >= 11 is 0. The lowest BCUT2D eigenvalue weighted by atomic mass is 9.83. The van der Waals surface area contributed by atoms with Gasteiger partial charge in [-0.1, -0.05) is 53.7 Å². The molecular formula is C21H32N2O. The molecule has 1 aromatic carbocycles. The van der Waals surface area contributed by atoms with Crippen LogP contribution in [0.1, 0.15) is 52.7 Å². The van der Waals surface area contributed by atoms with E-state index in [0.717, 1.165) is 23.2 Å². The van der Waals surface area contributed by atoms with Crippen LogP contribution in [0.25, 0.3) is 10.9 Å². The molecule has 0 atom stereocenters. The first-order valence-corrected chi connectivity index (χ1v) is 8.72. The van der Waals surface area contributed by atoms with E-state index >= 15 is 0 Å². The number of hydrogen-bond acceptors (Lipinski definition) is 3. The SMILES string of the molecule is CN(C)CCOc1c(C(C)(C)C)cnc2c(C(C)(C)C)cccc12. The van der Waals surface area contributed by atoms with E-state index in [-0.39, 0.29) is 10.8 Å². The van der Waals surface area contributed by atoms with Crippen molar-refractivity contribution in [2.75, 3.05) is 27.2 Å². The second-order valence-corrected chi connectivity index (χ2v) is 8.85. The minimum absolute atomic E-state index is 0.00756. The van der Waals surface area contributed by atoms with Gasteiger partial charge in [0.05, 0.1) is 5.52 Å². The minimum Gasteiger partial charge on any atom is -0.491 e. The van der Waals surface area contributed by atoms with Crippen molar-refractivity contribution < 1.29 is 4.74 Å². The standard InChI is InChI=1S/C21H32N2O/c1-20(2,3)16-11-9-10-15-18(16)22-14-17(21(4,5)6)19(15)24-13-12-23(7)8/h9-11,14H,12-13H2,1-8H3. The molecule has 0 unspecified atom stereocenters. The average Bonchev–Trinajstić information content (AvgIpc) is 2.44. The Balaban J connectivity index is 2.63. The molecule has 0 fully saturated rings. The number of pyridine rings is 1. The molecule has 132 valence electrons. The molecule has 1 aromatic heterocycles. The van der Waals surface area contributed by atoms with Gasteiger partial charge in [0, 0.05) is 23.7 Å². The molecule has 0 amide bonds. The quantitative estimate of drug-likeness (QED) is 0.808. The Bertz CT molecular complexity index is 706. The molecule has 24 heavy (non-hydrogen) atoms. The van der Waals surface area contributed by atoms with Gasteiger partial charge in [-0.2, -0.15) is 0 Å². The first kappa shape index (κ1) is 18.7. The van der Waals surface area contributed by atoms with E-state index in [2.05, 4.69) is 78.7 Å². The van der Waals surface area contributed by atoms with E-state index in [1.165, 1.54) is 11.1 Å². The maximum Gasteiger partial charge on any atom is 0.134 e. The molecule has 3 nitrogen and oxygen atoms in total. The fourth-order valence-electron chi connectivity index (χ4n) is 2.82. The maximum atomic E-state index is 6.27. The predicted molar refractivity (Wildman–Crippen MR) is 103 cm³/mol. The first-order chi connectivity index (χ1) is 11.0. The third-order valence-electron chi connectivity index (χ3n) is 4.25. The molecule has 0 bridgehead atoms. The molecule has 0 aliphatic heterocycles. The van der Waals surface area contributed by atoms with E-state index < -0.39 is 0 Å². The van der Waals surface area contributed by atoms with Crippen molar-refractivity contribution >= 4 is 10.9 Å². The zero-order chi connectivity index (χ0) is 18.1. The summed E-state index contributed by atoms with van der Waals surface area (Å²) in [4.78, 5) is 6.97. The van der Waals surface area contributed by atoms with E-state index in [9.17, 15) is 0 Å². The summed E-state index contributed by atoms with van der Waals surface area (Å²) < 4.78 is 6.27. The van der Waals surface area contributed by atoms with Gasteiger partial charge >= 0.3 is 0 Å². The fourth-order valence-corrected chi connectivity index (χ4v) is 2.82. The summed E-state index contributed by atoms with van der Waals surface area (Å²) in [7, 11) is 4.13. The summed E-state index contributed by atoms with van der Waals surface area (Å²) in [6.07, 6.45) is 2.00. The Labute approximate surface area is 147 Å². The number of benzene rings is 1. The van der Waals surface area contributed by atoms with Crippen LogP contribution in [0.5, 0.6) is 5.75 Å². The largest absolute Gasteiger partial charge is 0.491 e. The van der Waals surface area contributed by atoms with Gasteiger partial charge < -0.3 is 9.64 Å². The van der Waals surface area contributed by atoms with E-state index in [0.29, 0.717) is 6.61 Å². The molecule has 0 spiro atoms. The van der Waals surface area contributed by atoms with E-state index in [1.54, 1.807) is 0 Å². The van der Waals surface area contributed by atoms with Gasteiger partial charge in [0.2, 0.25) is 0 Å². The molecule has 0 N–H and O–H groups in total. The molecule has 2 aromatic rings. The van der Waals surface area contributed by atoms with Crippen molar-refractivity contribution in [3.05, 3.63) is 35.5 Å². The van der Waals surface area contributed by atoms with Crippen LogP contribution < -0.4 is 4.74 Å². The predicted octanol–water partition coefficient (Wildman–Crippen LogP) is 4.77. The zero-order valence-electron chi connectivity index (χ0n) is 16.5. The highest BCUT2D eigenvalue weighted by atomic mass is 16.5. The number of rotatable bonds is 4. The number of nitrogens with zero attached hydrogens (tertiary/aromatic N) is 2. The second kappa shape index (κ2) is 6.72. The molecule has 0 radical (unpaired) electrons. The van der Waals surface area contributed by atoms with Gasteiger partial charge in [0.25, 0.3) is 0 Å². The molecular weight excluding hydrogens is 296 g/mol. The number of fused-ring (bicyclic) bond motifs is 1. The zero-order valence-corrected chi connectivity index (χ0v) is 16.5. The lowest BCUT2D eigenvalue weighted by molar-refractivity contribution is 0.259. The molecule has 3 heteroatoms. The van der Waals surface area contributed by atoms with Crippen LogP contribution in [0.3, 0.4) is 0 Å². The second-order valence-electron chi connectivity index (χ2n) is 8.85. The van der Waals surface area contributed by atoms with Gasteiger partial charge in [0.1, 0.15) is 12.4 Å². The topological polar surface area (TPSA) is 25.4 Å². The van der Waals surface area contributed by atoms with Gasteiger partial charge in [-0.15, -0.1) is 0 Å². The van der Waals surface area contributed by atoms with Crippen LogP contribution in [-0.4, -0.2) is 37.1 Å². The summed E-state index contributed by atoms with van der Waals surface area (Å²) in [5.74, 6) is 0.987. The van der Waals surface area contributed by atoms with E-state index in [1.807, 2.05) is 6.20 Å². The van der Waals surface area contributed by atoms with Gasteiger partial charge in [-0.3, -0.25) is 4.98 Å². The lowest BCUT2D eigenvalue weighted by Gasteiger charge is -2.26. The summed E-state index contributed by atoms with van der Waals surface area (Å²) in [6, 6.07) is 6.43. The van der Waals surface area contributed by atoms with Gasteiger partial charge in [0.15, 0.2) is 0 Å². The fraction of sp³-hybridized carbons (Fsp3) is 0.571. The highest BCUT2D eigenvalue weighted by Gasteiger charge is 2.25.